The molecule has 90 valence electrons. The van der Waals surface area contributed by atoms with Crippen molar-refractivity contribution in [2.24, 2.45) is 0 Å². The molecule has 0 fully saturated rings. The van der Waals surface area contributed by atoms with E-state index < -0.39 is 5.82 Å². The fourth-order valence-electron chi connectivity index (χ4n) is 1.53. The summed E-state index contributed by atoms with van der Waals surface area (Å²) < 4.78 is 15.1. The normalized spacial score (nSPS) is 11.8. The van der Waals surface area contributed by atoms with Crippen LogP contribution in [0.5, 0.6) is 0 Å². The summed E-state index contributed by atoms with van der Waals surface area (Å²) in [6.45, 7) is 6.26. The highest BCUT2D eigenvalue weighted by Crippen LogP contribution is 2.22. The molecule has 0 unspecified atom stereocenters. The van der Waals surface area contributed by atoms with Crippen LogP contribution in [0.15, 0.2) is 30.7 Å². The van der Waals surface area contributed by atoms with Crippen molar-refractivity contribution < 1.29 is 4.39 Å². The number of aromatic nitrogens is 2. The van der Waals surface area contributed by atoms with Gasteiger partial charge in [-0.1, -0.05) is 20.8 Å². The molecule has 2 aromatic rings. The molecule has 2 rings (SSSR count). The molecule has 4 heteroatoms. The lowest BCUT2D eigenvalue weighted by molar-refractivity contribution is 0.572. The lowest BCUT2D eigenvalue weighted by atomic mass is 9.93. The van der Waals surface area contributed by atoms with Crippen LogP contribution in [-0.2, 0) is 5.41 Å². The lowest BCUT2D eigenvalue weighted by Gasteiger charge is -2.14. The molecule has 0 radical (unpaired) electrons. The van der Waals surface area contributed by atoms with Crippen LogP contribution in [0.25, 0.3) is 5.69 Å². The summed E-state index contributed by atoms with van der Waals surface area (Å²) in [6.07, 6.45) is 3.59. The van der Waals surface area contributed by atoms with Crippen LogP contribution in [0.4, 0.5) is 10.1 Å². The van der Waals surface area contributed by atoms with E-state index >= 15 is 0 Å². The number of hydrogen-bond donors (Lipinski definition) is 1. The molecular formula is C13H16FN3. The number of nitrogens with two attached hydrogens (primary N) is 1. The van der Waals surface area contributed by atoms with Gasteiger partial charge in [-0.05, 0) is 12.1 Å². The molecule has 0 aliphatic carbocycles. The van der Waals surface area contributed by atoms with Gasteiger partial charge in [0.05, 0.1) is 17.7 Å². The molecule has 1 heterocycles. The highest BCUT2D eigenvalue weighted by Gasteiger charge is 2.17. The molecule has 0 bridgehead atoms. The fourth-order valence-corrected chi connectivity index (χ4v) is 1.53. The highest BCUT2D eigenvalue weighted by atomic mass is 19.1. The van der Waals surface area contributed by atoms with E-state index in [2.05, 4.69) is 25.8 Å². The first-order valence-electron chi connectivity index (χ1n) is 5.48. The Morgan fingerprint density at radius 3 is 2.53 bits per heavy atom. The number of imidazole rings is 1. The van der Waals surface area contributed by atoms with Crippen molar-refractivity contribution in [2.45, 2.75) is 26.2 Å². The van der Waals surface area contributed by atoms with Gasteiger partial charge in [0.1, 0.15) is 5.82 Å². The third kappa shape index (κ3) is 2.30. The van der Waals surface area contributed by atoms with E-state index in [1.54, 1.807) is 23.0 Å². The number of hydrogen-bond acceptors (Lipinski definition) is 2. The van der Waals surface area contributed by atoms with Crippen LogP contribution in [0, 0.1) is 5.82 Å². The van der Waals surface area contributed by atoms with E-state index in [4.69, 9.17) is 5.73 Å². The predicted molar refractivity (Wildman–Crippen MR) is 66.6 cm³/mol. The quantitative estimate of drug-likeness (QED) is 0.770. The number of rotatable bonds is 1. The maximum absolute atomic E-state index is 13.3. The molecule has 17 heavy (non-hydrogen) atoms. The van der Waals surface area contributed by atoms with Gasteiger partial charge in [-0.2, -0.15) is 0 Å². The second-order valence-electron chi connectivity index (χ2n) is 5.12. The van der Waals surface area contributed by atoms with Gasteiger partial charge >= 0.3 is 0 Å². The Balaban J connectivity index is 2.40. The Bertz CT molecular complexity index is 538. The summed E-state index contributed by atoms with van der Waals surface area (Å²) in [7, 11) is 0. The van der Waals surface area contributed by atoms with Crippen LogP contribution in [0.1, 0.15) is 26.5 Å². The van der Waals surface area contributed by atoms with E-state index in [0.29, 0.717) is 0 Å². The number of nitrogens with zero attached hydrogens (tertiary/aromatic N) is 2. The first kappa shape index (κ1) is 11.6. The molecular weight excluding hydrogens is 217 g/mol. The zero-order valence-electron chi connectivity index (χ0n) is 10.2. The number of benzene rings is 1. The predicted octanol–water partition coefficient (Wildman–Crippen LogP) is 2.89. The van der Waals surface area contributed by atoms with Gasteiger partial charge in [0, 0.05) is 23.4 Å². The van der Waals surface area contributed by atoms with Crippen LogP contribution >= 0.6 is 0 Å². The maximum atomic E-state index is 13.3. The average Bonchev–Trinajstić information content (AvgIpc) is 2.70. The van der Waals surface area contributed by atoms with E-state index in [9.17, 15) is 4.39 Å². The molecule has 0 atom stereocenters. The van der Waals surface area contributed by atoms with Crippen molar-refractivity contribution in [1.29, 1.82) is 0 Å². The van der Waals surface area contributed by atoms with Crippen LogP contribution < -0.4 is 5.73 Å². The minimum Gasteiger partial charge on any atom is -0.396 e. The minimum atomic E-state index is -0.409. The van der Waals surface area contributed by atoms with E-state index in [0.717, 1.165) is 11.4 Å². The van der Waals surface area contributed by atoms with Crippen molar-refractivity contribution in [3.05, 3.63) is 42.2 Å². The van der Waals surface area contributed by atoms with Crippen molar-refractivity contribution in [1.82, 2.24) is 9.55 Å². The summed E-state index contributed by atoms with van der Waals surface area (Å²) in [5.41, 5.74) is 7.27. The van der Waals surface area contributed by atoms with Gasteiger partial charge in [0.15, 0.2) is 0 Å². The Labute approximate surface area is 100 Å². The minimum absolute atomic E-state index is 0.0163. The Morgan fingerprint density at radius 1 is 1.29 bits per heavy atom. The Morgan fingerprint density at radius 2 is 2.00 bits per heavy atom. The smallest absolute Gasteiger partial charge is 0.148 e. The summed E-state index contributed by atoms with van der Waals surface area (Å²) in [4.78, 5) is 4.33. The number of anilines is 1. The number of halogens is 1. The summed E-state index contributed by atoms with van der Waals surface area (Å²) in [5, 5.41) is 0. The van der Waals surface area contributed by atoms with Gasteiger partial charge in [-0.3, -0.25) is 0 Å². The molecule has 0 saturated carbocycles. The summed E-state index contributed by atoms with van der Waals surface area (Å²) in [6, 6.07) is 4.73. The SMILES string of the molecule is CC(C)(C)c1cn(-c2ccc(N)c(F)c2)cn1. The van der Waals surface area contributed by atoms with E-state index in [1.807, 2.05) is 6.20 Å². The average molecular weight is 233 g/mol. The van der Waals surface area contributed by atoms with E-state index in [1.165, 1.54) is 6.07 Å². The van der Waals surface area contributed by atoms with Gasteiger partial charge < -0.3 is 10.3 Å². The van der Waals surface area contributed by atoms with Crippen LogP contribution in [0.2, 0.25) is 0 Å². The van der Waals surface area contributed by atoms with Crippen LogP contribution in [0.3, 0.4) is 0 Å². The summed E-state index contributed by atoms with van der Waals surface area (Å²) >= 11 is 0. The summed E-state index contributed by atoms with van der Waals surface area (Å²) in [5.74, 6) is -0.409. The maximum Gasteiger partial charge on any atom is 0.148 e. The molecule has 0 saturated heterocycles. The lowest BCUT2D eigenvalue weighted by Crippen LogP contribution is -2.11. The standard InChI is InChI=1S/C13H16FN3/c1-13(2,3)12-7-17(8-16-12)9-4-5-11(15)10(14)6-9/h4-8H,15H2,1-3H3. The third-order valence-electron chi connectivity index (χ3n) is 2.63. The highest BCUT2D eigenvalue weighted by molar-refractivity contribution is 5.46. The van der Waals surface area contributed by atoms with Gasteiger partial charge in [0.2, 0.25) is 0 Å². The molecule has 0 spiro atoms. The largest absolute Gasteiger partial charge is 0.396 e. The van der Waals surface area contributed by atoms with E-state index in [-0.39, 0.29) is 11.1 Å². The molecule has 1 aromatic carbocycles. The molecule has 2 N–H and O–H groups in total. The fraction of sp³-hybridized carbons (Fsp3) is 0.308. The molecule has 1 aromatic heterocycles. The zero-order valence-corrected chi connectivity index (χ0v) is 10.2. The Hall–Kier alpha value is -1.84. The molecule has 3 nitrogen and oxygen atoms in total. The molecule has 0 amide bonds. The monoisotopic (exact) mass is 233 g/mol. The number of nitrogen functional groups attached to an aromatic ring is 1. The Kier molecular flexibility index (Phi) is 2.65. The van der Waals surface area contributed by atoms with Crippen molar-refractivity contribution in [3.8, 4) is 5.69 Å². The van der Waals surface area contributed by atoms with Crippen LogP contribution in [-0.4, -0.2) is 9.55 Å². The first-order chi connectivity index (χ1) is 7.88. The van der Waals surface area contributed by atoms with Crippen molar-refractivity contribution in [3.63, 3.8) is 0 Å². The van der Waals surface area contributed by atoms with Gasteiger partial charge in [-0.15, -0.1) is 0 Å². The van der Waals surface area contributed by atoms with Gasteiger partial charge in [-0.25, -0.2) is 9.37 Å². The third-order valence-corrected chi connectivity index (χ3v) is 2.63. The zero-order chi connectivity index (χ0) is 12.6. The second-order valence-corrected chi connectivity index (χ2v) is 5.12. The van der Waals surface area contributed by atoms with Crippen molar-refractivity contribution in [2.75, 3.05) is 5.73 Å². The van der Waals surface area contributed by atoms with Gasteiger partial charge in [0.25, 0.3) is 0 Å². The molecule has 0 aliphatic rings. The van der Waals surface area contributed by atoms with Crippen molar-refractivity contribution >= 4 is 5.69 Å². The molecule has 0 aliphatic heterocycles. The topological polar surface area (TPSA) is 43.8 Å². The first-order valence-corrected chi connectivity index (χ1v) is 5.48. The second kappa shape index (κ2) is 3.87.